The van der Waals surface area contributed by atoms with E-state index in [-0.39, 0.29) is 16.3 Å². The first-order valence-electron chi connectivity index (χ1n) is 8.87. The molecule has 0 aliphatic heterocycles. The van der Waals surface area contributed by atoms with Crippen molar-refractivity contribution in [2.75, 3.05) is 0 Å². The molecule has 0 radical (unpaired) electrons. The van der Waals surface area contributed by atoms with Crippen LogP contribution >= 0.6 is 38.9 Å². The van der Waals surface area contributed by atoms with Gasteiger partial charge in [-0.1, -0.05) is 46.6 Å². The number of nitro groups is 1. The number of carbonyl (C=O) groups excluding carboxylic acids is 1. The van der Waals surface area contributed by atoms with Gasteiger partial charge in [0.25, 0.3) is 11.6 Å². The molecular weight excluding hydrogens is 478 g/mol. The molecular formula is C20H17BrClN3O3S. The topological polar surface area (TPSA) is 77.5 Å². The number of halogens is 2. The van der Waals surface area contributed by atoms with Crippen LogP contribution in [0.15, 0.2) is 51.9 Å². The number of aromatic nitrogens is 1. The number of non-ortho nitro benzene ring substituents is 1. The van der Waals surface area contributed by atoms with E-state index >= 15 is 0 Å². The van der Waals surface area contributed by atoms with Crippen molar-refractivity contribution in [3.63, 3.8) is 0 Å². The van der Waals surface area contributed by atoms with E-state index in [0.29, 0.717) is 11.3 Å². The van der Waals surface area contributed by atoms with Crippen LogP contribution in [0.3, 0.4) is 0 Å². The first kappa shape index (κ1) is 21.4. The fourth-order valence-corrected chi connectivity index (χ4v) is 4.61. The molecule has 0 fully saturated rings. The molecule has 3 aromatic rings. The second-order valence-corrected chi connectivity index (χ2v) is 8.48. The smallest absolute Gasteiger partial charge is 0.281 e. The van der Waals surface area contributed by atoms with E-state index in [9.17, 15) is 14.9 Å². The van der Waals surface area contributed by atoms with Crippen molar-refractivity contribution < 1.29 is 9.72 Å². The van der Waals surface area contributed by atoms with Gasteiger partial charge in [-0.25, -0.2) is 0 Å². The zero-order valence-electron chi connectivity index (χ0n) is 15.7. The highest BCUT2D eigenvalue weighted by Gasteiger charge is 2.17. The molecule has 0 saturated carbocycles. The molecule has 1 heterocycles. The van der Waals surface area contributed by atoms with Gasteiger partial charge < -0.3 is 4.57 Å². The lowest BCUT2D eigenvalue weighted by atomic mass is 10.1. The Balaban J connectivity index is 2.11. The summed E-state index contributed by atoms with van der Waals surface area (Å²) in [7, 11) is 0. The summed E-state index contributed by atoms with van der Waals surface area (Å²) in [5, 5.41) is 10.9. The first-order chi connectivity index (χ1) is 13.8. The molecule has 29 heavy (non-hydrogen) atoms. The van der Waals surface area contributed by atoms with Crippen LogP contribution in [0, 0.1) is 10.1 Å². The molecule has 1 amide bonds. The van der Waals surface area contributed by atoms with Gasteiger partial charge in [-0.05, 0) is 37.1 Å². The lowest BCUT2D eigenvalue weighted by Gasteiger charge is -2.08. The number of carbonyl (C=O) groups is 1. The highest BCUT2D eigenvalue weighted by molar-refractivity contribution is 9.10. The van der Waals surface area contributed by atoms with Crippen LogP contribution in [0.2, 0.25) is 5.02 Å². The third-order valence-electron chi connectivity index (χ3n) is 4.33. The lowest BCUT2D eigenvalue weighted by molar-refractivity contribution is -0.384. The van der Waals surface area contributed by atoms with E-state index in [2.05, 4.69) is 27.8 Å². The standard InChI is InChI=1S/C20H17BrClN3O3S/c1-3-17-18(12-5-7-13(21)8-6-12)24(4-2)20(29-17)23-19(26)15-10-9-14(25(27)28)11-16(15)22/h5-11H,3-4H2,1-2H3. The van der Waals surface area contributed by atoms with E-state index < -0.39 is 10.8 Å². The zero-order chi connectivity index (χ0) is 21.1. The molecule has 6 nitrogen and oxygen atoms in total. The maximum Gasteiger partial charge on any atom is 0.281 e. The van der Waals surface area contributed by atoms with E-state index in [1.54, 1.807) is 0 Å². The molecule has 0 unspecified atom stereocenters. The Morgan fingerprint density at radius 2 is 1.93 bits per heavy atom. The largest absolute Gasteiger partial charge is 0.316 e. The average Bonchev–Trinajstić information content (AvgIpc) is 3.05. The monoisotopic (exact) mass is 493 g/mol. The summed E-state index contributed by atoms with van der Waals surface area (Å²) >= 11 is 11.0. The summed E-state index contributed by atoms with van der Waals surface area (Å²) in [6.45, 7) is 4.70. The third kappa shape index (κ3) is 4.49. The Kier molecular flexibility index (Phi) is 6.66. The molecule has 3 rings (SSSR count). The molecule has 0 spiro atoms. The molecule has 0 atom stereocenters. The predicted molar refractivity (Wildman–Crippen MR) is 118 cm³/mol. The zero-order valence-corrected chi connectivity index (χ0v) is 18.8. The van der Waals surface area contributed by atoms with Crippen LogP contribution in [0.5, 0.6) is 0 Å². The number of aryl methyl sites for hydroxylation is 1. The molecule has 0 bridgehead atoms. The highest BCUT2D eigenvalue weighted by atomic mass is 79.9. The van der Waals surface area contributed by atoms with E-state index in [1.807, 2.05) is 35.8 Å². The van der Waals surface area contributed by atoms with Gasteiger partial charge in [0.15, 0.2) is 4.80 Å². The van der Waals surface area contributed by atoms with Gasteiger partial charge in [0.1, 0.15) is 0 Å². The molecule has 1 aromatic heterocycles. The Morgan fingerprint density at radius 1 is 1.24 bits per heavy atom. The Hall–Kier alpha value is -2.29. The molecule has 150 valence electrons. The van der Waals surface area contributed by atoms with Gasteiger partial charge in [-0.2, -0.15) is 4.99 Å². The Labute approximate surface area is 184 Å². The number of rotatable bonds is 5. The number of thiazole rings is 1. The first-order valence-corrected chi connectivity index (χ1v) is 10.9. The molecule has 2 aromatic carbocycles. The van der Waals surface area contributed by atoms with Crippen molar-refractivity contribution in [1.29, 1.82) is 0 Å². The fraction of sp³-hybridized carbons (Fsp3) is 0.200. The van der Waals surface area contributed by atoms with Gasteiger partial charge in [0, 0.05) is 28.0 Å². The van der Waals surface area contributed by atoms with Crippen molar-refractivity contribution in [2.24, 2.45) is 4.99 Å². The van der Waals surface area contributed by atoms with E-state index in [1.165, 1.54) is 23.5 Å². The fourth-order valence-electron chi connectivity index (χ4n) is 2.94. The predicted octanol–water partition coefficient (Wildman–Crippen LogP) is 5.86. The SMILES string of the molecule is CCc1sc(=NC(=O)c2ccc([N+](=O)[O-])cc2Cl)n(CC)c1-c1ccc(Br)cc1. The summed E-state index contributed by atoms with van der Waals surface area (Å²) in [5.41, 5.74) is 2.05. The second kappa shape index (κ2) is 9.02. The highest BCUT2D eigenvalue weighted by Crippen LogP contribution is 2.28. The summed E-state index contributed by atoms with van der Waals surface area (Å²) in [4.78, 5) is 29.0. The normalized spacial score (nSPS) is 11.7. The minimum absolute atomic E-state index is 0.0106. The average molecular weight is 495 g/mol. The molecule has 0 aliphatic rings. The number of nitro benzene ring substituents is 1. The Bertz CT molecular complexity index is 1150. The summed E-state index contributed by atoms with van der Waals surface area (Å²) in [6, 6.07) is 11.8. The van der Waals surface area contributed by atoms with Crippen molar-refractivity contribution in [3.8, 4) is 11.3 Å². The quantitative estimate of drug-likeness (QED) is 0.329. The van der Waals surface area contributed by atoms with Crippen molar-refractivity contribution in [3.05, 3.63) is 77.3 Å². The molecule has 0 aliphatic carbocycles. The van der Waals surface area contributed by atoms with Crippen LogP contribution in [0.1, 0.15) is 29.1 Å². The minimum Gasteiger partial charge on any atom is -0.316 e. The van der Waals surface area contributed by atoms with E-state index in [4.69, 9.17) is 11.6 Å². The van der Waals surface area contributed by atoms with Crippen LogP contribution in [0.4, 0.5) is 5.69 Å². The molecule has 0 N–H and O–H groups in total. The maximum atomic E-state index is 12.7. The summed E-state index contributed by atoms with van der Waals surface area (Å²) in [5.74, 6) is -0.529. The van der Waals surface area contributed by atoms with Crippen molar-refractivity contribution >= 4 is 50.5 Å². The third-order valence-corrected chi connectivity index (χ3v) is 6.39. The number of hydrogen-bond donors (Lipinski definition) is 0. The lowest BCUT2D eigenvalue weighted by Crippen LogP contribution is -2.17. The molecule has 9 heteroatoms. The second-order valence-electron chi connectivity index (χ2n) is 6.10. The van der Waals surface area contributed by atoms with E-state index in [0.717, 1.165) is 33.1 Å². The number of benzene rings is 2. The van der Waals surface area contributed by atoms with Crippen LogP contribution in [-0.2, 0) is 13.0 Å². The van der Waals surface area contributed by atoms with Gasteiger partial charge in [-0.15, -0.1) is 11.3 Å². The van der Waals surface area contributed by atoms with Gasteiger partial charge in [0.2, 0.25) is 0 Å². The van der Waals surface area contributed by atoms with Crippen LogP contribution in [0.25, 0.3) is 11.3 Å². The molecule has 0 saturated heterocycles. The van der Waals surface area contributed by atoms with Gasteiger partial charge in [0.05, 0.1) is 21.2 Å². The van der Waals surface area contributed by atoms with Crippen LogP contribution < -0.4 is 4.80 Å². The van der Waals surface area contributed by atoms with Gasteiger partial charge >= 0.3 is 0 Å². The number of hydrogen-bond acceptors (Lipinski definition) is 4. The van der Waals surface area contributed by atoms with Crippen LogP contribution in [-0.4, -0.2) is 15.4 Å². The van der Waals surface area contributed by atoms with Crippen molar-refractivity contribution in [1.82, 2.24) is 4.57 Å². The van der Waals surface area contributed by atoms with Crippen molar-refractivity contribution in [2.45, 2.75) is 26.8 Å². The Morgan fingerprint density at radius 3 is 2.48 bits per heavy atom. The minimum atomic E-state index is -0.556. The van der Waals surface area contributed by atoms with Gasteiger partial charge in [-0.3, -0.25) is 14.9 Å². The number of nitrogens with zero attached hydrogens (tertiary/aromatic N) is 3. The number of amides is 1. The maximum absolute atomic E-state index is 12.7. The summed E-state index contributed by atoms with van der Waals surface area (Å²) < 4.78 is 3.00. The summed E-state index contributed by atoms with van der Waals surface area (Å²) in [6.07, 6.45) is 0.804.